The molecule has 0 amide bonds. The molecule has 0 aliphatic heterocycles. The predicted octanol–water partition coefficient (Wildman–Crippen LogP) is 1.73. The van der Waals surface area contributed by atoms with Gasteiger partial charge in [-0.05, 0) is 18.9 Å². The van der Waals surface area contributed by atoms with Gasteiger partial charge in [0.2, 0.25) is 0 Å². The summed E-state index contributed by atoms with van der Waals surface area (Å²) < 4.78 is 36.2. The van der Waals surface area contributed by atoms with Crippen molar-refractivity contribution in [2.24, 2.45) is 11.7 Å². The molecule has 2 atom stereocenters. The largest absolute Gasteiger partial charge is 0.512 e. The number of hydrogen-bond donors (Lipinski definition) is 2. The second-order valence-electron chi connectivity index (χ2n) is 2.93. The third-order valence-electron chi connectivity index (χ3n) is 1.93. The van der Waals surface area contributed by atoms with E-state index in [9.17, 15) is 13.2 Å². The highest BCUT2D eigenvalue weighted by Crippen LogP contribution is 2.36. The first-order chi connectivity index (χ1) is 5.41. The first kappa shape index (κ1) is 9.38. The van der Waals surface area contributed by atoms with Crippen molar-refractivity contribution in [2.45, 2.75) is 25.1 Å². The fourth-order valence-electron chi connectivity index (χ4n) is 1.26. The quantitative estimate of drug-likeness (QED) is 0.597. The molecule has 1 rings (SSSR count). The van der Waals surface area contributed by atoms with Gasteiger partial charge in [-0.3, -0.25) is 0 Å². The number of halogens is 3. The van der Waals surface area contributed by atoms with E-state index >= 15 is 0 Å². The highest BCUT2D eigenvalue weighted by molar-refractivity contribution is 5.08. The molecule has 1 aliphatic rings. The molecule has 0 saturated carbocycles. The maximum atomic E-state index is 12.1. The van der Waals surface area contributed by atoms with Crippen LogP contribution in [-0.2, 0) is 0 Å². The van der Waals surface area contributed by atoms with E-state index < -0.39 is 23.9 Å². The standard InChI is InChI=1S/C7H10F3NO/c8-7(9,10)5-2-1-4(11)3-6(5)12/h3-5,12H,1-2,11H2. The molecule has 0 aromatic carbocycles. The van der Waals surface area contributed by atoms with Crippen LogP contribution in [0.4, 0.5) is 13.2 Å². The molecule has 12 heavy (non-hydrogen) atoms. The molecule has 5 heteroatoms. The number of allylic oxidation sites excluding steroid dienone is 1. The number of aliphatic hydroxyl groups is 1. The number of nitrogens with two attached hydrogens (primary N) is 1. The van der Waals surface area contributed by atoms with Gasteiger partial charge in [0, 0.05) is 6.04 Å². The zero-order chi connectivity index (χ0) is 9.35. The fourth-order valence-corrected chi connectivity index (χ4v) is 1.26. The summed E-state index contributed by atoms with van der Waals surface area (Å²) in [4.78, 5) is 0. The van der Waals surface area contributed by atoms with E-state index in [2.05, 4.69) is 0 Å². The second kappa shape index (κ2) is 2.97. The zero-order valence-electron chi connectivity index (χ0n) is 6.30. The third kappa shape index (κ3) is 1.91. The fraction of sp³-hybridized carbons (Fsp3) is 0.714. The van der Waals surface area contributed by atoms with E-state index in [1.165, 1.54) is 0 Å². The van der Waals surface area contributed by atoms with Gasteiger partial charge in [-0.2, -0.15) is 13.2 Å². The Hall–Kier alpha value is -0.710. The van der Waals surface area contributed by atoms with Crippen molar-refractivity contribution in [1.82, 2.24) is 0 Å². The van der Waals surface area contributed by atoms with Gasteiger partial charge in [-0.15, -0.1) is 0 Å². The van der Waals surface area contributed by atoms with Gasteiger partial charge in [0.15, 0.2) is 0 Å². The normalized spacial score (nSPS) is 31.5. The predicted molar refractivity (Wildman–Crippen MR) is 37.5 cm³/mol. The van der Waals surface area contributed by atoms with Gasteiger partial charge in [0.1, 0.15) is 11.7 Å². The lowest BCUT2D eigenvalue weighted by molar-refractivity contribution is -0.174. The molecule has 0 aromatic rings. The van der Waals surface area contributed by atoms with E-state index in [0.29, 0.717) is 0 Å². The molecule has 70 valence electrons. The molecule has 0 heterocycles. The SMILES string of the molecule is NC1C=C(O)C(C(F)(F)F)CC1. The Morgan fingerprint density at radius 3 is 2.42 bits per heavy atom. The lowest BCUT2D eigenvalue weighted by Crippen LogP contribution is -2.32. The molecule has 0 bridgehead atoms. The van der Waals surface area contributed by atoms with Crippen LogP contribution >= 0.6 is 0 Å². The van der Waals surface area contributed by atoms with E-state index in [1.807, 2.05) is 0 Å². The van der Waals surface area contributed by atoms with Crippen molar-refractivity contribution < 1.29 is 18.3 Å². The van der Waals surface area contributed by atoms with Crippen LogP contribution in [0.2, 0.25) is 0 Å². The number of rotatable bonds is 0. The molecule has 2 unspecified atom stereocenters. The Morgan fingerprint density at radius 1 is 1.42 bits per heavy atom. The van der Waals surface area contributed by atoms with E-state index in [4.69, 9.17) is 10.8 Å². The smallest absolute Gasteiger partial charge is 0.398 e. The lowest BCUT2D eigenvalue weighted by atomic mass is 9.91. The van der Waals surface area contributed by atoms with Gasteiger partial charge >= 0.3 is 6.18 Å². The Bertz CT molecular complexity index is 199. The van der Waals surface area contributed by atoms with Crippen molar-refractivity contribution in [2.75, 3.05) is 0 Å². The van der Waals surface area contributed by atoms with E-state index in [-0.39, 0.29) is 12.8 Å². The summed E-state index contributed by atoms with van der Waals surface area (Å²) in [7, 11) is 0. The van der Waals surface area contributed by atoms with E-state index in [1.54, 1.807) is 0 Å². The summed E-state index contributed by atoms with van der Waals surface area (Å²) in [6.07, 6.45) is -3.12. The number of hydrogen-bond acceptors (Lipinski definition) is 2. The van der Waals surface area contributed by atoms with Crippen molar-refractivity contribution >= 4 is 0 Å². The third-order valence-corrected chi connectivity index (χ3v) is 1.93. The van der Waals surface area contributed by atoms with Gasteiger partial charge in [0.05, 0.1) is 0 Å². The minimum absolute atomic E-state index is 0.118. The van der Waals surface area contributed by atoms with Gasteiger partial charge in [-0.1, -0.05) is 0 Å². The van der Waals surface area contributed by atoms with Gasteiger partial charge < -0.3 is 10.8 Å². The van der Waals surface area contributed by atoms with Crippen molar-refractivity contribution in [3.8, 4) is 0 Å². The Labute approximate surface area is 67.9 Å². The van der Waals surface area contributed by atoms with Crippen molar-refractivity contribution in [3.63, 3.8) is 0 Å². The highest BCUT2D eigenvalue weighted by atomic mass is 19.4. The first-order valence-corrected chi connectivity index (χ1v) is 3.64. The average Bonchev–Trinajstić information content (AvgIpc) is 1.83. The van der Waals surface area contributed by atoms with E-state index in [0.717, 1.165) is 6.08 Å². The van der Waals surface area contributed by atoms with Gasteiger partial charge in [0.25, 0.3) is 0 Å². The summed E-state index contributed by atoms with van der Waals surface area (Å²) >= 11 is 0. The summed E-state index contributed by atoms with van der Waals surface area (Å²) in [5.41, 5.74) is 5.33. The first-order valence-electron chi connectivity index (χ1n) is 3.64. The van der Waals surface area contributed by atoms with Crippen LogP contribution in [0.1, 0.15) is 12.8 Å². The molecule has 0 fully saturated rings. The summed E-state index contributed by atoms with van der Waals surface area (Å²) in [6.45, 7) is 0. The summed E-state index contributed by atoms with van der Waals surface area (Å²) in [6, 6.07) is -0.441. The molecule has 3 N–H and O–H groups in total. The lowest BCUT2D eigenvalue weighted by Gasteiger charge is -2.25. The van der Waals surface area contributed by atoms with Crippen LogP contribution < -0.4 is 5.73 Å². The molecule has 1 aliphatic carbocycles. The highest BCUT2D eigenvalue weighted by Gasteiger charge is 2.43. The average molecular weight is 181 g/mol. The minimum atomic E-state index is -4.35. The van der Waals surface area contributed by atoms with Crippen LogP contribution in [0.5, 0.6) is 0 Å². The molecular weight excluding hydrogens is 171 g/mol. The minimum Gasteiger partial charge on any atom is -0.512 e. The summed E-state index contributed by atoms with van der Waals surface area (Å²) in [5.74, 6) is -2.35. The Morgan fingerprint density at radius 2 is 2.00 bits per heavy atom. The Kier molecular flexibility index (Phi) is 2.32. The molecule has 0 aromatic heterocycles. The maximum absolute atomic E-state index is 12.1. The molecular formula is C7H10F3NO. The van der Waals surface area contributed by atoms with Crippen molar-refractivity contribution in [1.29, 1.82) is 0 Å². The topological polar surface area (TPSA) is 46.2 Å². The van der Waals surface area contributed by atoms with Crippen LogP contribution in [0.25, 0.3) is 0 Å². The molecule has 0 saturated heterocycles. The molecule has 2 nitrogen and oxygen atoms in total. The van der Waals surface area contributed by atoms with Crippen LogP contribution in [0.3, 0.4) is 0 Å². The molecule has 0 spiro atoms. The zero-order valence-corrected chi connectivity index (χ0v) is 6.30. The van der Waals surface area contributed by atoms with Crippen molar-refractivity contribution in [3.05, 3.63) is 11.8 Å². The van der Waals surface area contributed by atoms with Crippen LogP contribution in [0.15, 0.2) is 11.8 Å². The summed E-state index contributed by atoms with van der Waals surface area (Å²) in [5, 5.41) is 8.94. The number of aliphatic hydroxyl groups excluding tert-OH is 1. The van der Waals surface area contributed by atoms with Crippen LogP contribution in [0, 0.1) is 5.92 Å². The van der Waals surface area contributed by atoms with Crippen LogP contribution in [-0.4, -0.2) is 17.3 Å². The molecule has 0 radical (unpaired) electrons. The number of alkyl halides is 3. The Balaban J connectivity index is 2.76. The van der Waals surface area contributed by atoms with Gasteiger partial charge in [-0.25, -0.2) is 0 Å². The monoisotopic (exact) mass is 181 g/mol. The second-order valence-corrected chi connectivity index (χ2v) is 2.93. The maximum Gasteiger partial charge on any atom is 0.398 e.